The maximum absolute atomic E-state index is 12.5. The Bertz CT molecular complexity index is 527. The number of esters is 1. The topological polar surface area (TPSA) is 66.8 Å². The number of amides is 1. The summed E-state index contributed by atoms with van der Waals surface area (Å²) in [6.07, 6.45) is 1.55. The normalized spacial score (nSPS) is 18.7. The highest BCUT2D eigenvalue weighted by atomic mass is 16.5. The van der Waals surface area contributed by atoms with Crippen LogP contribution in [0.3, 0.4) is 0 Å². The number of phenolic OH excluding ortho intramolecular Hbond substituents is 1. The zero-order valence-corrected chi connectivity index (χ0v) is 11.8. The van der Waals surface area contributed by atoms with Gasteiger partial charge in [0, 0.05) is 18.7 Å². The summed E-state index contributed by atoms with van der Waals surface area (Å²) in [6, 6.07) is 4.69. The van der Waals surface area contributed by atoms with E-state index in [0.29, 0.717) is 18.7 Å². The number of carbonyl (C=O) groups is 2. The lowest BCUT2D eigenvalue weighted by Crippen LogP contribution is -2.42. The van der Waals surface area contributed by atoms with E-state index >= 15 is 0 Å². The number of nitrogens with zero attached hydrogens (tertiary/aromatic N) is 1. The minimum absolute atomic E-state index is 0.101. The molecule has 20 heavy (non-hydrogen) atoms. The Morgan fingerprint density at radius 2 is 2.15 bits per heavy atom. The van der Waals surface area contributed by atoms with Crippen molar-refractivity contribution in [3.05, 3.63) is 29.3 Å². The third-order valence-electron chi connectivity index (χ3n) is 3.68. The third kappa shape index (κ3) is 2.92. The standard InChI is InChI=1S/C15H19NO4/c1-10-8-12(17)5-6-13(10)14(18)16-7-3-4-11(9-16)15(19)20-2/h5-6,8,11,17H,3-4,7,9H2,1-2H3. The van der Waals surface area contributed by atoms with Gasteiger partial charge in [0.25, 0.3) is 5.91 Å². The van der Waals surface area contributed by atoms with Gasteiger partial charge in [-0.15, -0.1) is 0 Å². The highest BCUT2D eigenvalue weighted by Crippen LogP contribution is 2.22. The third-order valence-corrected chi connectivity index (χ3v) is 3.68. The first-order valence-electron chi connectivity index (χ1n) is 6.69. The molecule has 1 aliphatic rings. The Kier molecular flexibility index (Phi) is 4.27. The second-order valence-corrected chi connectivity index (χ2v) is 5.11. The maximum atomic E-state index is 12.5. The van der Waals surface area contributed by atoms with Crippen molar-refractivity contribution >= 4 is 11.9 Å². The fraction of sp³-hybridized carbons (Fsp3) is 0.467. The summed E-state index contributed by atoms with van der Waals surface area (Å²) in [6.45, 7) is 2.83. The van der Waals surface area contributed by atoms with Crippen molar-refractivity contribution in [1.82, 2.24) is 4.90 Å². The molecule has 1 heterocycles. The molecule has 1 N–H and O–H groups in total. The van der Waals surface area contributed by atoms with Crippen molar-refractivity contribution in [2.24, 2.45) is 5.92 Å². The average molecular weight is 277 g/mol. The fourth-order valence-corrected chi connectivity index (χ4v) is 2.58. The number of benzene rings is 1. The van der Waals surface area contributed by atoms with Crippen LogP contribution in [0.4, 0.5) is 0 Å². The Hall–Kier alpha value is -2.04. The van der Waals surface area contributed by atoms with E-state index in [2.05, 4.69) is 0 Å². The van der Waals surface area contributed by atoms with Crippen LogP contribution in [0.25, 0.3) is 0 Å². The molecule has 0 aliphatic carbocycles. The van der Waals surface area contributed by atoms with Gasteiger partial charge in [-0.3, -0.25) is 9.59 Å². The van der Waals surface area contributed by atoms with Gasteiger partial charge in [0.2, 0.25) is 0 Å². The molecule has 0 spiro atoms. The van der Waals surface area contributed by atoms with E-state index in [0.717, 1.165) is 18.4 Å². The van der Waals surface area contributed by atoms with Crippen LogP contribution in [0, 0.1) is 12.8 Å². The Labute approximate surface area is 118 Å². The van der Waals surface area contributed by atoms with Gasteiger partial charge in [-0.1, -0.05) is 0 Å². The quantitative estimate of drug-likeness (QED) is 0.836. The van der Waals surface area contributed by atoms with Gasteiger partial charge in [0.05, 0.1) is 13.0 Å². The summed E-state index contributed by atoms with van der Waals surface area (Å²) in [5, 5.41) is 9.39. The van der Waals surface area contributed by atoms with Crippen molar-refractivity contribution in [3.8, 4) is 5.75 Å². The molecule has 2 rings (SSSR count). The lowest BCUT2D eigenvalue weighted by atomic mass is 9.97. The number of phenols is 1. The molecule has 1 saturated heterocycles. The molecule has 1 aliphatic heterocycles. The van der Waals surface area contributed by atoms with Crippen LogP contribution in [0.15, 0.2) is 18.2 Å². The second kappa shape index (κ2) is 5.94. The molecule has 5 heteroatoms. The molecule has 0 bridgehead atoms. The summed E-state index contributed by atoms with van der Waals surface area (Å²) in [5.41, 5.74) is 1.29. The SMILES string of the molecule is COC(=O)C1CCCN(C(=O)c2ccc(O)cc2C)C1. The predicted molar refractivity (Wildman–Crippen MR) is 73.5 cm³/mol. The molecule has 0 radical (unpaired) electrons. The summed E-state index contributed by atoms with van der Waals surface area (Å²) in [5.74, 6) is -0.457. The van der Waals surface area contributed by atoms with Crippen LogP contribution < -0.4 is 0 Å². The highest BCUT2D eigenvalue weighted by Gasteiger charge is 2.29. The summed E-state index contributed by atoms with van der Waals surface area (Å²) in [4.78, 5) is 25.8. The Balaban J connectivity index is 2.14. The van der Waals surface area contributed by atoms with E-state index in [4.69, 9.17) is 4.74 Å². The molecule has 1 amide bonds. The van der Waals surface area contributed by atoms with E-state index in [1.807, 2.05) is 0 Å². The number of rotatable bonds is 2. The minimum atomic E-state index is -0.259. The van der Waals surface area contributed by atoms with Crippen molar-refractivity contribution in [2.45, 2.75) is 19.8 Å². The smallest absolute Gasteiger partial charge is 0.310 e. The van der Waals surface area contributed by atoms with Crippen molar-refractivity contribution < 1.29 is 19.4 Å². The molecular weight excluding hydrogens is 258 g/mol. The number of carbonyl (C=O) groups excluding carboxylic acids is 2. The monoisotopic (exact) mass is 277 g/mol. The highest BCUT2D eigenvalue weighted by molar-refractivity contribution is 5.96. The molecule has 1 aromatic rings. The molecule has 108 valence electrons. The lowest BCUT2D eigenvalue weighted by Gasteiger charge is -2.31. The van der Waals surface area contributed by atoms with Crippen LogP contribution in [0.2, 0.25) is 0 Å². The number of ether oxygens (including phenoxy) is 1. The zero-order chi connectivity index (χ0) is 14.7. The molecular formula is C15H19NO4. The second-order valence-electron chi connectivity index (χ2n) is 5.11. The fourth-order valence-electron chi connectivity index (χ4n) is 2.58. The van der Waals surface area contributed by atoms with Crippen molar-refractivity contribution in [3.63, 3.8) is 0 Å². The average Bonchev–Trinajstić information content (AvgIpc) is 2.46. The van der Waals surface area contributed by atoms with Gasteiger partial charge in [-0.05, 0) is 43.5 Å². The van der Waals surface area contributed by atoms with Crippen LogP contribution in [-0.2, 0) is 9.53 Å². The number of hydrogen-bond donors (Lipinski definition) is 1. The van der Waals surface area contributed by atoms with Gasteiger partial charge in [-0.25, -0.2) is 0 Å². The number of aromatic hydroxyl groups is 1. The number of aryl methyl sites for hydroxylation is 1. The first-order chi connectivity index (χ1) is 9.52. The molecule has 1 fully saturated rings. The predicted octanol–water partition coefficient (Wildman–Crippen LogP) is 1.73. The van der Waals surface area contributed by atoms with Crippen LogP contribution in [0.1, 0.15) is 28.8 Å². The summed E-state index contributed by atoms with van der Waals surface area (Å²) < 4.78 is 4.75. The van der Waals surface area contributed by atoms with E-state index in [1.165, 1.54) is 13.2 Å². The van der Waals surface area contributed by atoms with Gasteiger partial charge in [-0.2, -0.15) is 0 Å². The maximum Gasteiger partial charge on any atom is 0.310 e. The minimum Gasteiger partial charge on any atom is -0.508 e. The van der Waals surface area contributed by atoms with E-state index in [-0.39, 0.29) is 23.5 Å². The summed E-state index contributed by atoms with van der Waals surface area (Å²) in [7, 11) is 1.37. The Morgan fingerprint density at radius 3 is 2.80 bits per heavy atom. The Morgan fingerprint density at radius 1 is 1.40 bits per heavy atom. The molecule has 1 atom stereocenters. The van der Waals surface area contributed by atoms with E-state index in [9.17, 15) is 14.7 Å². The van der Waals surface area contributed by atoms with Gasteiger partial charge in [0.1, 0.15) is 5.75 Å². The summed E-state index contributed by atoms with van der Waals surface area (Å²) >= 11 is 0. The zero-order valence-electron chi connectivity index (χ0n) is 11.8. The molecule has 0 saturated carbocycles. The number of hydrogen-bond acceptors (Lipinski definition) is 4. The molecule has 1 aromatic carbocycles. The molecule has 5 nitrogen and oxygen atoms in total. The van der Waals surface area contributed by atoms with Crippen molar-refractivity contribution in [1.29, 1.82) is 0 Å². The number of methoxy groups -OCH3 is 1. The van der Waals surface area contributed by atoms with E-state index in [1.54, 1.807) is 24.0 Å². The lowest BCUT2D eigenvalue weighted by molar-refractivity contribution is -0.146. The van der Waals surface area contributed by atoms with Crippen LogP contribution in [0.5, 0.6) is 5.75 Å². The van der Waals surface area contributed by atoms with Gasteiger partial charge >= 0.3 is 5.97 Å². The van der Waals surface area contributed by atoms with Crippen LogP contribution in [-0.4, -0.2) is 42.1 Å². The van der Waals surface area contributed by atoms with Gasteiger partial charge in [0.15, 0.2) is 0 Å². The largest absolute Gasteiger partial charge is 0.508 e. The van der Waals surface area contributed by atoms with Crippen molar-refractivity contribution in [2.75, 3.05) is 20.2 Å². The number of piperidine rings is 1. The van der Waals surface area contributed by atoms with E-state index < -0.39 is 0 Å². The first kappa shape index (κ1) is 14.4. The molecule has 0 aromatic heterocycles. The molecule has 1 unspecified atom stereocenters. The van der Waals surface area contributed by atoms with Gasteiger partial charge < -0.3 is 14.7 Å². The number of likely N-dealkylation sites (tertiary alicyclic amines) is 1. The first-order valence-corrected chi connectivity index (χ1v) is 6.69. The van der Waals surface area contributed by atoms with Crippen LogP contribution >= 0.6 is 0 Å².